The average Bonchev–Trinajstić information content (AvgIpc) is 2.24. The summed E-state index contributed by atoms with van der Waals surface area (Å²) in [6.45, 7) is 6.83. The van der Waals surface area contributed by atoms with Crippen molar-refractivity contribution in [2.24, 2.45) is 0 Å². The van der Waals surface area contributed by atoms with Crippen molar-refractivity contribution in [3.8, 4) is 5.75 Å². The summed E-state index contributed by atoms with van der Waals surface area (Å²) in [5, 5.41) is 0. The van der Waals surface area contributed by atoms with Gasteiger partial charge in [-0.2, -0.15) is 0 Å². The number of likely N-dealkylation sites (tertiary alicyclic amines) is 1. The van der Waals surface area contributed by atoms with E-state index in [0.29, 0.717) is 6.61 Å². The zero-order valence-corrected chi connectivity index (χ0v) is 10.4. The first kappa shape index (κ1) is 10.6. The number of amides is 1. The van der Waals surface area contributed by atoms with Crippen LogP contribution < -0.4 is 4.74 Å². The van der Waals surface area contributed by atoms with Gasteiger partial charge in [0.2, 0.25) is 5.91 Å². The van der Waals surface area contributed by atoms with Crippen LogP contribution >= 0.6 is 0 Å². The van der Waals surface area contributed by atoms with Crippen molar-refractivity contribution in [1.82, 2.24) is 4.90 Å². The van der Waals surface area contributed by atoms with Gasteiger partial charge >= 0.3 is 0 Å². The summed E-state index contributed by atoms with van der Waals surface area (Å²) in [6.07, 6.45) is 0. The van der Waals surface area contributed by atoms with Gasteiger partial charge in [-0.1, -0.05) is 18.2 Å². The molecule has 0 bridgehead atoms. The molecule has 2 aliphatic heterocycles. The quantitative estimate of drug-likeness (QED) is 0.640. The Morgan fingerprint density at radius 3 is 2.71 bits per heavy atom. The lowest BCUT2D eigenvalue weighted by Gasteiger charge is -2.55. The number of hydrogen-bond donors (Lipinski definition) is 0. The average molecular weight is 231 g/mol. The standard InChI is InChI=1S/C14H17NO2/c1-14(2,3)15-10-8-17-11-7-5-4-6-9(11)12(10)13(15)16/h4-7,10,12H,8H2,1-3H3/t10-,12+/m0/s1. The number of rotatable bonds is 0. The minimum atomic E-state index is -0.117. The van der Waals surface area contributed by atoms with Crippen molar-refractivity contribution < 1.29 is 9.53 Å². The largest absolute Gasteiger partial charge is 0.491 e. The van der Waals surface area contributed by atoms with Gasteiger partial charge in [0.05, 0.1) is 12.0 Å². The number of carbonyl (C=O) groups is 1. The third kappa shape index (κ3) is 1.38. The molecule has 3 rings (SSSR count). The maximum atomic E-state index is 12.3. The molecule has 0 aliphatic carbocycles. The molecule has 2 heterocycles. The van der Waals surface area contributed by atoms with Crippen LogP contribution in [0, 0.1) is 0 Å². The van der Waals surface area contributed by atoms with Gasteiger partial charge in [-0.25, -0.2) is 0 Å². The van der Waals surface area contributed by atoms with E-state index in [9.17, 15) is 4.79 Å². The van der Waals surface area contributed by atoms with Gasteiger partial charge in [-0.15, -0.1) is 0 Å². The van der Waals surface area contributed by atoms with Crippen LogP contribution in [0.3, 0.4) is 0 Å². The molecule has 1 saturated heterocycles. The number of hydrogen-bond acceptors (Lipinski definition) is 2. The second-order valence-corrected chi connectivity index (χ2v) is 5.77. The van der Waals surface area contributed by atoms with E-state index in [1.54, 1.807) is 0 Å². The summed E-state index contributed by atoms with van der Waals surface area (Å²) < 4.78 is 5.74. The second kappa shape index (κ2) is 3.25. The topological polar surface area (TPSA) is 29.5 Å². The van der Waals surface area contributed by atoms with E-state index in [-0.39, 0.29) is 23.4 Å². The lowest BCUT2D eigenvalue weighted by molar-refractivity contribution is -0.162. The van der Waals surface area contributed by atoms with E-state index in [1.807, 2.05) is 29.2 Å². The Bertz CT molecular complexity index is 475. The highest BCUT2D eigenvalue weighted by atomic mass is 16.5. The van der Waals surface area contributed by atoms with Crippen LogP contribution in [0.2, 0.25) is 0 Å². The molecule has 2 aliphatic rings. The Kier molecular flexibility index (Phi) is 2.03. The van der Waals surface area contributed by atoms with E-state index in [2.05, 4.69) is 20.8 Å². The molecule has 1 aromatic rings. The molecule has 0 spiro atoms. The van der Waals surface area contributed by atoms with Crippen molar-refractivity contribution in [2.75, 3.05) is 6.61 Å². The molecule has 0 aromatic heterocycles. The fraction of sp³-hybridized carbons (Fsp3) is 0.500. The maximum absolute atomic E-state index is 12.3. The molecule has 1 amide bonds. The smallest absolute Gasteiger partial charge is 0.233 e. The molecule has 0 unspecified atom stereocenters. The predicted molar refractivity (Wildman–Crippen MR) is 65.1 cm³/mol. The Balaban J connectivity index is 1.97. The van der Waals surface area contributed by atoms with Crippen LogP contribution in [0.25, 0.3) is 0 Å². The molecule has 1 fully saturated rings. The molecule has 17 heavy (non-hydrogen) atoms. The number of ether oxygens (including phenoxy) is 1. The van der Waals surface area contributed by atoms with Gasteiger partial charge in [0.15, 0.2) is 0 Å². The third-order valence-corrected chi connectivity index (χ3v) is 3.61. The molecule has 0 saturated carbocycles. The summed E-state index contributed by atoms with van der Waals surface area (Å²) >= 11 is 0. The second-order valence-electron chi connectivity index (χ2n) is 5.77. The van der Waals surface area contributed by atoms with Crippen molar-refractivity contribution >= 4 is 5.91 Å². The molecule has 0 N–H and O–H groups in total. The minimum Gasteiger partial charge on any atom is -0.491 e. The van der Waals surface area contributed by atoms with Gasteiger partial charge in [-0.3, -0.25) is 4.79 Å². The van der Waals surface area contributed by atoms with Crippen LogP contribution in [0.1, 0.15) is 32.3 Å². The Morgan fingerprint density at radius 1 is 1.29 bits per heavy atom. The monoisotopic (exact) mass is 231 g/mol. The number of carbonyl (C=O) groups excluding carboxylic acids is 1. The molecular formula is C14H17NO2. The molecule has 0 radical (unpaired) electrons. The highest BCUT2D eigenvalue weighted by Gasteiger charge is 2.54. The van der Waals surface area contributed by atoms with Gasteiger partial charge in [0.1, 0.15) is 12.4 Å². The maximum Gasteiger partial charge on any atom is 0.233 e. The normalized spacial score (nSPS) is 26.8. The van der Waals surface area contributed by atoms with E-state index in [4.69, 9.17) is 4.74 Å². The van der Waals surface area contributed by atoms with Gasteiger partial charge in [0, 0.05) is 11.1 Å². The van der Waals surface area contributed by atoms with E-state index < -0.39 is 0 Å². The van der Waals surface area contributed by atoms with Gasteiger partial charge < -0.3 is 9.64 Å². The number of fused-ring (bicyclic) bond motifs is 3. The molecule has 90 valence electrons. The lowest BCUT2D eigenvalue weighted by Crippen LogP contribution is -2.68. The molecule has 2 atom stereocenters. The van der Waals surface area contributed by atoms with Gasteiger partial charge in [-0.05, 0) is 26.8 Å². The summed E-state index contributed by atoms with van der Waals surface area (Å²) in [4.78, 5) is 14.2. The molecule has 3 heteroatoms. The first-order valence-corrected chi connectivity index (χ1v) is 6.05. The zero-order valence-electron chi connectivity index (χ0n) is 10.4. The molecule has 3 nitrogen and oxygen atoms in total. The zero-order chi connectivity index (χ0) is 12.2. The summed E-state index contributed by atoms with van der Waals surface area (Å²) in [6, 6.07) is 8.07. The highest BCUT2D eigenvalue weighted by Crippen LogP contribution is 2.46. The van der Waals surface area contributed by atoms with Crippen molar-refractivity contribution in [1.29, 1.82) is 0 Å². The van der Waals surface area contributed by atoms with E-state index in [0.717, 1.165) is 11.3 Å². The van der Waals surface area contributed by atoms with Crippen LogP contribution in [-0.4, -0.2) is 29.0 Å². The summed E-state index contributed by atoms with van der Waals surface area (Å²) in [5.41, 5.74) is 0.933. The van der Waals surface area contributed by atoms with E-state index >= 15 is 0 Å². The van der Waals surface area contributed by atoms with Crippen LogP contribution in [-0.2, 0) is 4.79 Å². The van der Waals surface area contributed by atoms with Crippen molar-refractivity contribution in [2.45, 2.75) is 38.3 Å². The lowest BCUT2D eigenvalue weighted by atomic mass is 9.77. The van der Waals surface area contributed by atoms with Crippen molar-refractivity contribution in [3.05, 3.63) is 29.8 Å². The fourth-order valence-corrected chi connectivity index (χ4v) is 2.93. The number of para-hydroxylation sites is 1. The molecular weight excluding hydrogens is 214 g/mol. The fourth-order valence-electron chi connectivity index (χ4n) is 2.93. The number of benzene rings is 1. The van der Waals surface area contributed by atoms with E-state index in [1.165, 1.54) is 0 Å². The Hall–Kier alpha value is -1.51. The SMILES string of the molecule is CC(C)(C)N1C(=O)[C@@H]2c3ccccc3OC[C@@H]21. The van der Waals surface area contributed by atoms with Crippen LogP contribution in [0.15, 0.2) is 24.3 Å². The van der Waals surface area contributed by atoms with Crippen LogP contribution in [0.4, 0.5) is 0 Å². The third-order valence-electron chi connectivity index (χ3n) is 3.61. The molecule has 1 aromatic carbocycles. The Labute approximate surface area is 101 Å². The summed E-state index contributed by atoms with van der Waals surface area (Å²) in [5.74, 6) is 1.12. The van der Waals surface area contributed by atoms with Crippen LogP contribution in [0.5, 0.6) is 5.75 Å². The predicted octanol–water partition coefficient (Wildman–Crippen LogP) is 2.17. The highest BCUT2D eigenvalue weighted by molar-refractivity contribution is 5.93. The first-order valence-electron chi connectivity index (χ1n) is 6.05. The van der Waals surface area contributed by atoms with Gasteiger partial charge in [0.25, 0.3) is 0 Å². The number of β-lactam (4-membered cyclic amide) rings is 1. The number of nitrogens with zero attached hydrogens (tertiary/aromatic N) is 1. The minimum absolute atomic E-state index is 0.0131. The summed E-state index contributed by atoms with van der Waals surface area (Å²) in [7, 11) is 0. The van der Waals surface area contributed by atoms with Crippen molar-refractivity contribution in [3.63, 3.8) is 0 Å². The Morgan fingerprint density at radius 2 is 2.00 bits per heavy atom. The first-order chi connectivity index (χ1) is 8.00.